The summed E-state index contributed by atoms with van der Waals surface area (Å²) >= 11 is 0. The fraction of sp³-hybridized carbons (Fsp3) is 0.514. The number of hydrogen-bond donors (Lipinski definition) is 1. The Morgan fingerprint density at radius 3 is 1.04 bits per heavy atom. The van der Waals surface area contributed by atoms with Gasteiger partial charge in [-0.25, -0.2) is 19.2 Å². The van der Waals surface area contributed by atoms with Crippen molar-refractivity contribution in [3.63, 3.8) is 0 Å². The van der Waals surface area contributed by atoms with Gasteiger partial charge < -0.3 is 43.7 Å². The SMILES string of the molecule is CC(C)(C)OC(=O)N1CCN(C(=O)OCc2ccccc2)CCN(C(=O)OC(C)(C)C)CCN(C(=O)OCc2ccccc2)CC1.O=CO. The lowest BCUT2D eigenvalue weighted by Gasteiger charge is -2.35. The van der Waals surface area contributed by atoms with Crippen LogP contribution in [0.1, 0.15) is 52.7 Å². The van der Waals surface area contributed by atoms with Crippen molar-refractivity contribution >= 4 is 30.8 Å². The van der Waals surface area contributed by atoms with Crippen LogP contribution >= 0.6 is 0 Å². The first-order chi connectivity index (χ1) is 23.1. The topological polar surface area (TPSA) is 155 Å². The second-order valence-corrected chi connectivity index (χ2v) is 13.1. The average Bonchev–Trinajstić information content (AvgIpc) is 3.02. The summed E-state index contributed by atoms with van der Waals surface area (Å²) in [5.41, 5.74) is 0.152. The van der Waals surface area contributed by atoms with Crippen molar-refractivity contribution in [1.82, 2.24) is 19.6 Å². The van der Waals surface area contributed by atoms with E-state index >= 15 is 0 Å². The van der Waals surface area contributed by atoms with Crippen LogP contribution in [-0.4, -0.2) is 119 Å². The lowest BCUT2D eigenvalue weighted by molar-refractivity contribution is -0.122. The van der Waals surface area contributed by atoms with Crippen molar-refractivity contribution in [3.8, 4) is 0 Å². The molecule has 270 valence electrons. The standard InChI is InChI=1S/C34H48N4O8.CH2O2/c1-33(2,3)45-31(41)37-21-17-35(29(39)43-25-27-13-9-7-10-14-27)19-23-38(32(42)46-34(4,5)6)24-20-36(18-22-37)30(40)44-26-28-15-11-8-12-16-28;2-1-3/h7-16H,17-26H2,1-6H3;1H,(H,2,3). The van der Waals surface area contributed by atoms with Gasteiger partial charge in [-0.1, -0.05) is 60.7 Å². The molecule has 1 saturated heterocycles. The molecule has 0 bridgehead atoms. The number of ether oxygens (including phenoxy) is 4. The third kappa shape index (κ3) is 16.1. The number of carbonyl (C=O) groups is 5. The number of hydrogen-bond acceptors (Lipinski definition) is 9. The van der Waals surface area contributed by atoms with E-state index < -0.39 is 35.6 Å². The summed E-state index contributed by atoms with van der Waals surface area (Å²) in [5, 5.41) is 6.89. The van der Waals surface area contributed by atoms with Crippen LogP contribution in [0.4, 0.5) is 19.2 Å². The van der Waals surface area contributed by atoms with E-state index in [-0.39, 0.29) is 72.0 Å². The quantitative estimate of drug-likeness (QED) is 0.324. The van der Waals surface area contributed by atoms with Crippen molar-refractivity contribution in [1.29, 1.82) is 0 Å². The highest BCUT2D eigenvalue weighted by molar-refractivity contribution is 5.71. The van der Waals surface area contributed by atoms with Gasteiger partial charge in [-0.15, -0.1) is 0 Å². The minimum Gasteiger partial charge on any atom is -0.483 e. The molecular formula is C35H50N4O10. The van der Waals surface area contributed by atoms with E-state index in [9.17, 15) is 19.2 Å². The lowest BCUT2D eigenvalue weighted by Crippen LogP contribution is -2.51. The summed E-state index contributed by atoms with van der Waals surface area (Å²) in [7, 11) is 0. The van der Waals surface area contributed by atoms with Crippen LogP contribution in [0.25, 0.3) is 0 Å². The number of benzene rings is 2. The molecule has 14 heteroatoms. The first kappa shape index (κ1) is 40.2. The molecule has 2 aromatic rings. The molecule has 49 heavy (non-hydrogen) atoms. The summed E-state index contributed by atoms with van der Waals surface area (Å²) in [4.78, 5) is 67.3. The van der Waals surface area contributed by atoms with Crippen molar-refractivity contribution in [2.24, 2.45) is 0 Å². The maximum atomic E-state index is 13.3. The molecular weight excluding hydrogens is 636 g/mol. The van der Waals surface area contributed by atoms with E-state index in [0.29, 0.717) is 0 Å². The number of rotatable bonds is 4. The first-order valence-corrected chi connectivity index (χ1v) is 16.1. The van der Waals surface area contributed by atoms with Gasteiger partial charge in [-0.2, -0.15) is 0 Å². The van der Waals surface area contributed by atoms with E-state index in [2.05, 4.69) is 0 Å². The molecule has 14 nitrogen and oxygen atoms in total. The van der Waals surface area contributed by atoms with Crippen molar-refractivity contribution in [2.45, 2.75) is 66.0 Å². The monoisotopic (exact) mass is 686 g/mol. The normalized spacial score (nSPS) is 14.6. The number of carbonyl (C=O) groups excluding carboxylic acids is 4. The molecule has 0 aliphatic carbocycles. The number of nitrogens with zero attached hydrogens (tertiary/aromatic N) is 4. The Labute approximate surface area is 288 Å². The largest absolute Gasteiger partial charge is 0.483 e. The number of carboxylic acid groups (broad SMARTS) is 1. The van der Waals surface area contributed by atoms with Gasteiger partial charge >= 0.3 is 24.4 Å². The molecule has 1 N–H and O–H groups in total. The van der Waals surface area contributed by atoms with Crippen LogP contribution < -0.4 is 0 Å². The first-order valence-electron chi connectivity index (χ1n) is 16.1. The second-order valence-electron chi connectivity index (χ2n) is 13.1. The van der Waals surface area contributed by atoms with Crippen molar-refractivity contribution in [3.05, 3.63) is 71.8 Å². The van der Waals surface area contributed by atoms with Crippen LogP contribution in [0, 0.1) is 0 Å². The molecule has 0 aromatic heterocycles. The van der Waals surface area contributed by atoms with Gasteiger partial charge in [0.15, 0.2) is 0 Å². The van der Waals surface area contributed by atoms with E-state index in [1.54, 1.807) is 41.5 Å². The highest BCUT2D eigenvalue weighted by Gasteiger charge is 2.29. The molecule has 1 heterocycles. The molecule has 0 spiro atoms. The summed E-state index contributed by atoms with van der Waals surface area (Å²) < 4.78 is 22.5. The highest BCUT2D eigenvalue weighted by Crippen LogP contribution is 2.14. The van der Waals surface area contributed by atoms with Crippen LogP contribution in [0.2, 0.25) is 0 Å². The van der Waals surface area contributed by atoms with Crippen molar-refractivity contribution < 1.29 is 48.0 Å². The smallest absolute Gasteiger partial charge is 0.410 e. The fourth-order valence-electron chi connectivity index (χ4n) is 4.42. The van der Waals surface area contributed by atoms with Gasteiger partial charge in [0, 0.05) is 52.4 Å². The van der Waals surface area contributed by atoms with Crippen LogP contribution in [-0.2, 0) is 37.0 Å². The molecule has 0 radical (unpaired) electrons. The van der Waals surface area contributed by atoms with E-state index in [1.807, 2.05) is 60.7 Å². The lowest BCUT2D eigenvalue weighted by atomic mass is 10.2. The Bertz CT molecular complexity index is 1210. The highest BCUT2D eigenvalue weighted by atomic mass is 16.6. The van der Waals surface area contributed by atoms with E-state index in [1.165, 1.54) is 19.6 Å². The summed E-state index contributed by atoms with van der Waals surface area (Å²) in [6, 6.07) is 18.6. The second kappa shape index (κ2) is 19.7. The van der Waals surface area contributed by atoms with Gasteiger partial charge in [0.1, 0.15) is 24.4 Å². The Hall–Kier alpha value is -5.01. The molecule has 3 rings (SSSR count). The molecule has 1 aliphatic heterocycles. The summed E-state index contributed by atoms with van der Waals surface area (Å²) in [5.74, 6) is 0. The maximum Gasteiger partial charge on any atom is 0.410 e. The molecule has 0 unspecified atom stereocenters. The third-order valence-electron chi connectivity index (χ3n) is 6.79. The Morgan fingerprint density at radius 2 is 0.796 bits per heavy atom. The maximum absolute atomic E-state index is 13.3. The van der Waals surface area contributed by atoms with Crippen LogP contribution in [0.3, 0.4) is 0 Å². The summed E-state index contributed by atoms with van der Waals surface area (Å²) in [6.45, 7) is 11.4. The molecule has 1 aliphatic rings. The zero-order chi connectivity index (χ0) is 36.5. The van der Waals surface area contributed by atoms with Gasteiger partial charge in [0.05, 0.1) is 0 Å². The predicted molar refractivity (Wildman–Crippen MR) is 181 cm³/mol. The molecule has 1 fully saturated rings. The van der Waals surface area contributed by atoms with Crippen molar-refractivity contribution in [2.75, 3.05) is 52.4 Å². The van der Waals surface area contributed by atoms with Crippen LogP contribution in [0.5, 0.6) is 0 Å². The third-order valence-corrected chi connectivity index (χ3v) is 6.79. The Morgan fingerprint density at radius 1 is 0.551 bits per heavy atom. The molecule has 0 atom stereocenters. The molecule has 2 aromatic carbocycles. The number of amides is 4. The van der Waals surface area contributed by atoms with Gasteiger partial charge in [0.2, 0.25) is 0 Å². The predicted octanol–water partition coefficient (Wildman–Crippen LogP) is 5.45. The molecule has 0 saturated carbocycles. The van der Waals surface area contributed by atoms with Crippen LogP contribution in [0.15, 0.2) is 60.7 Å². The summed E-state index contributed by atoms with van der Waals surface area (Å²) in [6.07, 6.45) is -2.31. The Kier molecular flexibility index (Phi) is 16.2. The van der Waals surface area contributed by atoms with Gasteiger partial charge in [-0.05, 0) is 52.7 Å². The van der Waals surface area contributed by atoms with E-state index in [0.717, 1.165) is 11.1 Å². The average molecular weight is 687 g/mol. The minimum atomic E-state index is -0.753. The zero-order valence-corrected chi connectivity index (χ0v) is 29.3. The van der Waals surface area contributed by atoms with Gasteiger partial charge in [0.25, 0.3) is 6.47 Å². The Balaban J connectivity index is 0.00000267. The fourth-order valence-corrected chi connectivity index (χ4v) is 4.42. The molecule has 4 amide bonds. The van der Waals surface area contributed by atoms with E-state index in [4.69, 9.17) is 28.8 Å². The minimum absolute atomic E-state index is 0.0712. The zero-order valence-electron chi connectivity index (χ0n) is 29.3. The van der Waals surface area contributed by atoms with Gasteiger partial charge in [-0.3, -0.25) is 4.79 Å².